The van der Waals surface area contributed by atoms with Crippen molar-refractivity contribution >= 4 is 5.91 Å². The van der Waals surface area contributed by atoms with Crippen molar-refractivity contribution in [2.24, 2.45) is 0 Å². The van der Waals surface area contributed by atoms with Crippen LogP contribution in [0.3, 0.4) is 0 Å². The quantitative estimate of drug-likeness (QED) is 0.767. The molecule has 3 heterocycles. The first-order valence-electron chi connectivity index (χ1n) is 8.25. The number of nitrogens with zero attached hydrogens (tertiary/aromatic N) is 5. The summed E-state index contributed by atoms with van der Waals surface area (Å²) >= 11 is 0. The van der Waals surface area contributed by atoms with Gasteiger partial charge in [-0.1, -0.05) is 5.16 Å². The highest BCUT2D eigenvalue weighted by molar-refractivity contribution is 5.78. The lowest BCUT2D eigenvalue weighted by Gasteiger charge is -2.37. The summed E-state index contributed by atoms with van der Waals surface area (Å²) in [6, 6.07) is 0.119. The van der Waals surface area contributed by atoms with Crippen LogP contribution in [0.5, 0.6) is 0 Å². The molecule has 128 valence electrons. The molecule has 0 aromatic carbocycles. The van der Waals surface area contributed by atoms with E-state index in [0.29, 0.717) is 44.6 Å². The van der Waals surface area contributed by atoms with E-state index < -0.39 is 0 Å². The molecule has 8 nitrogen and oxygen atoms in total. The number of piperazine rings is 1. The highest BCUT2D eigenvalue weighted by Gasteiger charge is 2.27. The fraction of sp³-hybridized carbons (Fsp3) is 0.800. The molecule has 2 aliphatic rings. The lowest BCUT2D eigenvalue weighted by molar-refractivity contribution is -0.137. The van der Waals surface area contributed by atoms with E-state index >= 15 is 0 Å². The molecule has 0 spiro atoms. The maximum atomic E-state index is 12.3. The number of carbonyl (C=O) groups is 1. The lowest BCUT2D eigenvalue weighted by atomic mass is 10.2. The van der Waals surface area contributed by atoms with Gasteiger partial charge in [0, 0.05) is 39.3 Å². The van der Waals surface area contributed by atoms with Crippen LogP contribution in [0.15, 0.2) is 4.52 Å². The van der Waals surface area contributed by atoms with Gasteiger partial charge in [-0.25, -0.2) is 0 Å². The third kappa shape index (κ3) is 4.07. The minimum atomic E-state index is 0.119. The largest absolute Gasteiger partial charge is 0.378 e. The minimum Gasteiger partial charge on any atom is -0.378 e. The fourth-order valence-electron chi connectivity index (χ4n) is 3.05. The van der Waals surface area contributed by atoms with Crippen molar-refractivity contribution in [1.29, 1.82) is 0 Å². The number of carbonyl (C=O) groups excluding carboxylic acids is 1. The molecule has 1 atom stereocenters. The molecule has 0 bridgehead atoms. The molecule has 23 heavy (non-hydrogen) atoms. The van der Waals surface area contributed by atoms with Gasteiger partial charge in [-0.2, -0.15) is 4.98 Å². The van der Waals surface area contributed by atoms with Crippen LogP contribution in [0.1, 0.15) is 24.7 Å². The van der Waals surface area contributed by atoms with Gasteiger partial charge in [0.15, 0.2) is 5.82 Å². The lowest BCUT2D eigenvalue weighted by Crippen LogP contribution is -2.51. The summed E-state index contributed by atoms with van der Waals surface area (Å²) < 4.78 is 10.6. The van der Waals surface area contributed by atoms with Crippen molar-refractivity contribution in [1.82, 2.24) is 24.8 Å². The molecule has 8 heteroatoms. The van der Waals surface area contributed by atoms with E-state index in [-0.39, 0.29) is 11.9 Å². The number of aryl methyl sites for hydroxylation is 1. The molecule has 2 fully saturated rings. The smallest absolute Gasteiger partial charge is 0.243 e. The Morgan fingerprint density at radius 2 is 1.87 bits per heavy atom. The van der Waals surface area contributed by atoms with Gasteiger partial charge in [-0.3, -0.25) is 14.6 Å². The molecule has 2 aliphatic heterocycles. The zero-order chi connectivity index (χ0) is 16.2. The van der Waals surface area contributed by atoms with Crippen molar-refractivity contribution in [3.05, 3.63) is 11.7 Å². The van der Waals surface area contributed by atoms with Crippen LogP contribution in [0.4, 0.5) is 0 Å². The van der Waals surface area contributed by atoms with Crippen molar-refractivity contribution < 1.29 is 14.1 Å². The van der Waals surface area contributed by atoms with E-state index in [2.05, 4.69) is 26.9 Å². The molecule has 0 radical (unpaired) electrons. The Morgan fingerprint density at radius 3 is 2.48 bits per heavy atom. The summed E-state index contributed by atoms with van der Waals surface area (Å²) in [5, 5.41) is 3.86. The molecule has 0 unspecified atom stereocenters. The SMILES string of the molecule is Cc1noc([C@H](C)N2CCN(CC(=O)N3CCOCC3)CC2)n1. The van der Waals surface area contributed by atoms with Crippen LogP contribution in [-0.4, -0.2) is 89.8 Å². The van der Waals surface area contributed by atoms with Gasteiger partial charge in [0.2, 0.25) is 11.8 Å². The molecule has 1 aromatic heterocycles. The van der Waals surface area contributed by atoms with E-state index in [1.54, 1.807) is 0 Å². The van der Waals surface area contributed by atoms with Gasteiger partial charge in [0.1, 0.15) is 0 Å². The van der Waals surface area contributed by atoms with Gasteiger partial charge >= 0.3 is 0 Å². The van der Waals surface area contributed by atoms with E-state index in [0.717, 1.165) is 26.2 Å². The molecule has 0 saturated carbocycles. The predicted molar refractivity (Wildman–Crippen MR) is 82.9 cm³/mol. The van der Waals surface area contributed by atoms with E-state index in [9.17, 15) is 4.79 Å². The van der Waals surface area contributed by atoms with Gasteiger partial charge in [-0.05, 0) is 13.8 Å². The molecule has 0 aliphatic carbocycles. The Kier molecular flexibility index (Phi) is 5.24. The van der Waals surface area contributed by atoms with Crippen molar-refractivity contribution in [2.45, 2.75) is 19.9 Å². The first kappa shape index (κ1) is 16.4. The maximum absolute atomic E-state index is 12.3. The summed E-state index contributed by atoms with van der Waals surface area (Å²) in [7, 11) is 0. The number of ether oxygens (including phenoxy) is 1. The highest BCUT2D eigenvalue weighted by Crippen LogP contribution is 2.20. The molecule has 2 saturated heterocycles. The number of amides is 1. The minimum absolute atomic E-state index is 0.119. The second-order valence-corrected chi connectivity index (χ2v) is 6.16. The van der Waals surface area contributed by atoms with Crippen LogP contribution in [-0.2, 0) is 9.53 Å². The maximum Gasteiger partial charge on any atom is 0.243 e. The van der Waals surface area contributed by atoms with Crippen LogP contribution in [0, 0.1) is 6.92 Å². The van der Waals surface area contributed by atoms with Crippen LogP contribution >= 0.6 is 0 Å². The van der Waals surface area contributed by atoms with E-state index in [4.69, 9.17) is 9.26 Å². The van der Waals surface area contributed by atoms with Gasteiger partial charge in [0.25, 0.3) is 0 Å². The molecule has 0 N–H and O–H groups in total. The van der Waals surface area contributed by atoms with E-state index in [1.807, 2.05) is 11.8 Å². The summed E-state index contributed by atoms with van der Waals surface area (Å²) in [6.45, 7) is 10.7. The molecule has 1 amide bonds. The average Bonchev–Trinajstić information content (AvgIpc) is 3.02. The molecular formula is C15H25N5O3. The summed E-state index contributed by atoms with van der Waals surface area (Å²) in [5.74, 6) is 1.55. The third-order valence-electron chi connectivity index (χ3n) is 4.58. The average molecular weight is 323 g/mol. The number of hydrogen-bond donors (Lipinski definition) is 0. The predicted octanol–water partition coefficient (Wildman–Crippen LogP) is -0.0846. The topological polar surface area (TPSA) is 74.9 Å². The molecule has 3 rings (SSSR count). The molecular weight excluding hydrogens is 298 g/mol. The van der Waals surface area contributed by atoms with Crippen LogP contribution in [0.25, 0.3) is 0 Å². The fourth-order valence-corrected chi connectivity index (χ4v) is 3.05. The second-order valence-electron chi connectivity index (χ2n) is 6.16. The first-order chi connectivity index (χ1) is 11.1. The summed E-state index contributed by atoms with van der Waals surface area (Å²) in [4.78, 5) is 23.0. The first-order valence-corrected chi connectivity index (χ1v) is 8.25. The number of rotatable bonds is 4. The van der Waals surface area contributed by atoms with E-state index in [1.165, 1.54) is 0 Å². The molecule has 1 aromatic rings. The monoisotopic (exact) mass is 323 g/mol. The Bertz CT molecular complexity index is 521. The zero-order valence-electron chi connectivity index (χ0n) is 13.9. The second kappa shape index (κ2) is 7.37. The number of morpholine rings is 1. The zero-order valence-corrected chi connectivity index (χ0v) is 13.9. The van der Waals surface area contributed by atoms with Crippen molar-refractivity contribution in [3.63, 3.8) is 0 Å². The number of hydrogen-bond acceptors (Lipinski definition) is 7. The highest BCUT2D eigenvalue weighted by atomic mass is 16.5. The van der Waals surface area contributed by atoms with Gasteiger partial charge in [0.05, 0.1) is 25.8 Å². The summed E-state index contributed by atoms with van der Waals surface area (Å²) in [5.41, 5.74) is 0. The Hall–Kier alpha value is -1.51. The van der Waals surface area contributed by atoms with Crippen LogP contribution in [0.2, 0.25) is 0 Å². The Labute approximate surface area is 136 Å². The standard InChI is InChI=1S/C15H25N5O3/c1-12(15-16-13(2)17-23-15)19-5-3-18(4-6-19)11-14(21)20-7-9-22-10-8-20/h12H,3-11H2,1-2H3/t12-/m0/s1. The summed E-state index contributed by atoms with van der Waals surface area (Å²) in [6.07, 6.45) is 0. The van der Waals surface area contributed by atoms with Crippen molar-refractivity contribution in [3.8, 4) is 0 Å². The number of aromatic nitrogens is 2. The van der Waals surface area contributed by atoms with Gasteiger partial charge < -0.3 is 14.2 Å². The van der Waals surface area contributed by atoms with Crippen molar-refractivity contribution in [2.75, 3.05) is 59.0 Å². The van der Waals surface area contributed by atoms with Gasteiger partial charge in [-0.15, -0.1) is 0 Å². The Morgan fingerprint density at radius 1 is 1.17 bits per heavy atom. The Balaban J connectivity index is 1.45. The van der Waals surface area contributed by atoms with Crippen LogP contribution < -0.4 is 0 Å². The normalized spacial score (nSPS) is 22.3. The third-order valence-corrected chi connectivity index (χ3v) is 4.58.